The van der Waals surface area contributed by atoms with Gasteiger partial charge in [0.05, 0.1) is 38.1 Å². The van der Waals surface area contributed by atoms with Crippen molar-refractivity contribution in [1.82, 2.24) is 19.6 Å². The Morgan fingerprint density at radius 2 is 1.78 bits per heavy atom. The Balaban J connectivity index is 0.874. The van der Waals surface area contributed by atoms with Crippen molar-refractivity contribution in [2.24, 2.45) is 11.3 Å². The van der Waals surface area contributed by atoms with Gasteiger partial charge in [0.15, 0.2) is 11.4 Å². The number of ether oxygens (including phenoxy) is 2. The zero-order valence-electron chi connectivity index (χ0n) is 39.0. The van der Waals surface area contributed by atoms with Crippen LogP contribution in [0.2, 0.25) is 0 Å². The lowest BCUT2D eigenvalue weighted by molar-refractivity contribution is -0.384. The van der Waals surface area contributed by atoms with E-state index in [9.17, 15) is 32.8 Å². The SMILES string of the molecule is Cc1nc2[nH]cc(F)c2cc1Oc1cc(N2CCC3(CC2)CC(N2CCC[C@@H]2c2ccccc2C(C)C)C3)ccc1C(=O)NS(=O)(=O)c1cc2c(c([N+](=O)[O-])c1)N[C@@H]([C@H]1CC[C@](C)(O)CC1)CO2. The first-order chi connectivity index (χ1) is 32.5. The molecule has 0 bridgehead atoms. The highest BCUT2D eigenvalue weighted by Gasteiger charge is 2.50. The first kappa shape index (κ1) is 46.0. The Bertz CT molecular complexity index is 2880. The maximum atomic E-state index is 14.8. The Morgan fingerprint density at radius 1 is 1.03 bits per heavy atom. The third-order valence-corrected chi connectivity index (χ3v) is 17.0. The number of pyridine rings is 1. The quantitative estimate of drug-likeness (QED) is 0.0725. The van der Waals surface area contributed by atoms with E-state index in [1.807, 2.05) is 0 Å². The number of anilines is 2. The number of aromatic amines is 1. The van der Waals surface area contributed by atoms with Gasteiger partial charge in [0.1, 0.15) is 29.6 Å². The number of H-pyrrole nitrogens is 1. The van der Waals surface area contributed by atoms with E-state index >= 15 is 0 Å². The number of nitrogens with zero attached hydrogens (tertiary/aromatic N) is 4. The Hall–Kier alpha value is -5.78. The number of carbonyl (C=O) groups is 1. The third kappa shape index (κ3) is 8.77. The number of benzene rings is 3. The van der Waals surface area contributed by atoms with E-state index in [2.05, 4.69) is 67.9 Å². The number of hydrogen-bond acceptors (Lipinski definition) is 12. The summed E-state index contributed by atoms with van der Waals surface area (Å²) in [6.07, 6.45) is 10.5. The smallest absolute Gasteiger partial charge is 0.297 e. The number of fused-ring (bicyclic) bond motifs is 2. The van der Waals surface area contributed by atoms with Crippen molar-refractivity contribution in [3.63, 3.8) is 0 Å². The molecule has 5 heterocycles. The predicted molar refractivity (Wildman–Crippen MR) is 257 cm³/mol. The third-order valence-electron chi connectivity index (χ3n) is 15.7. The van der Waals surface area contributed by atoms with Crippen LogP contribution in [0.15, 0.2) is 71.8 Å². The highest BCUT2D eigenvalue weighted by atomic mass is 32.2. The number of hydrogen-bond donors (Lipinski definition) is 4. The number of likely N-dealkylation sites (tertiary alicyclic amines) is 1. The van der Waals surface area contributed by atoms with Crippen LogP contribution in [0, 0.1) is 34.2 Å². The summed E-state index contributed by atoms with van der Waals surface area (Å²) in [4.78, 5) is 37.7. The van der Waals surface area contributed by atoms with Crippen LogP contribution in [0.1, 0.15) is 124 Å². The van der Waals surface area contributed by atoms with Gasteiger partial charge in [-0.05, 0) is 131 Å². The molecule has 2 atom stereocenters. The summed E-state index contributed by atoms with van der Waals surface area (Å²) in [7, 11) is -4.72. The largest absolute Gasteiger partial charge is 0.489 e. The van der Waals surface area contributed by atoms with Crippen LogP contribution < -0.4 is 24.4 Å². The van der Waals surface area contributed by atoms with Crippen LogP contribution in [0.5, 0.6) is 17.2 Å². The van der Waals surface area contributed by atoms with Crippen LogP contribution in [-0.2, 0) is 10.0 Å². The lowest BCUT2D eigenvalue weighted by Gasteiger charge is -2.56. The first-order valence-corrected chi connectivity index (χ1v) is 25.5. The highest BCUT2D eigenvalue weighted by Crippen LogP contribution is 2.54. The van der Waals surface area contributed by atoms with E-state index in [0.29, 0.717) is 55.0 Å². The minimum absolute atomic E-state index is 0.0248. The summed E-state index contributed by atoms with van der Waals surface area (Å²) < 4.78 is 57.3. The minimum Gasteiger partial charge on any atom is -0.489 e. The fourth-order valence-electron chi connectivity index (χ4n) is 11.7. The molecule has 0 unspecified atom stereocenters. The van der Waals surface area contributed by atoms with Crippen LogP contribution in [0.3, 0.4) is 0 Å². The molecule has 68 heavy (non-hydrogen) atoms. The average molecular weight is 950 g/mol. The summed E-state index contributed by atoms with van der Waals surface area (Å²) in [6.45, 7) is 10.9. The minimum atomic E-state index is -4.72. The van der Waals surface area contributed by atoms with Crippen molar-refractivity contribution in [1.29, 1.82) is 0 Å². The normalized spacial score (nSPS) is 24.0. The number of nitrogens with one attached hydrogen (secondary N) is 3. The molecule has 3 aliphatic heterocycles. The molecule has 1 spiro atoms. The molecule has 0 radical (unpaired) electrons. The van der Waals surface area contributed by atoms with Gasteiger partial charge in [-0.25, -0.2) is 22.5 Å². The Labute approximate surface area is 396 Å². The number of aromatic nitrogens is 2. The number of amides is 1. The van der Waals surface area contributed by atoms with E-state index in [0.717, 1.165) is 57.1 Å². The zero-order chi connectivity index (χ0) is 47.7. The summed E-state index contributed by atoms with van der Waals surface area (Å²) >= 11 is 0. The molecule has 4 N–H and O–H groups in total. The van der Waals surface area contributed by atoms with E-state index < -0.39 is 42.9 Å². The maximum absolute atomic E-state index is 14.8. The molecule has 4 fully saturated rings. The van der Waals surface area contributed by atoms with Gasteiger partial charge in [0, 0.05) is 55.3 Å². The van der Waals surface area contributed by atoms with Gasteiger partial charge in [0.25, 0.3) is 21.6 Å². The van der Waals surface area contributed by atoms with Crippen LogP contribution in [-0.4, -0.2) is 83.1 Å². The number of carbonyl (C=O) groups excluding carboxylic acids is 1. The van der Waals surface area contributed by atoms with E-state index in [-0.39, 0.29) is 57.9 Å². The van der Waals surface area contributed by atoms with E-state index in [1.54, 1.807) is 26.0 Å². The van der Waals surface area contributed by atoms with E-state index in [4.69, 9.17) is 9.47 Å². The zero-order valence-corrected chi connectivity index (χ0v) is 39.8. The number of aliphatic hydroxyl groups is 1. The van der Waals surface area contributed by atoms with Crippen molar-refractivity contribution in [3.05, 3.63) is 105 Å². The summed E-state index contributed by atoms with van der Waals surface area (Å²) in [5, 5.41) is 26.3. The molecule has 2 aliphatic carbocycles. The fraction of sp³-hybridized carbons (Fsp3) is 0.490. The monoisotopic (exact) mass is 949 g/mol. The van der Waals surface area contributed by atoms with Gasteiger partial charge in [0.2, 0.25) is 0 Å². The highest BCUT2D eigenvalue weighted by molar-refractivity contribution is 7.90. The maximum Gasteiger partial charge on any atom is 0.297 e. The average Bonchev–Trinajstić information content (AvgIpc) is 3.93. The van der Waals surface area contributed by atoms with Crippen LogP contribution in [0.4, 0.5) is 21.5 Å². The molecule has 10 rings (SSSR count). The molecule has 360 valence electrons. The second-order valence-electron chi connectivity index (χ2n) is 20.5. The number of halogens is 1. The number of nitro benzene ring substituents is 1. The molecule has 2 aromatic heterocycles. The van der Waals surface area contributed by atoms with Crippen LogP contribution >= 0.6 is 0 Å². The molecule has 15 nitrogen and oxygen atoms in total. The lowest BCUT2D eigenvalue weighted by Crippen LogP contribution is -2.54. The Morgan fingerprint density at radius 3 is 2.51 bits per heavy atom. The van der Waals surface area contributed by atoms with Crippen molar-refractivity contribution in [3.8, 4) is 17.2 Å². The van der Waals surface area contributed by atoms with Gasteiger partial charge < -0.3 is 29.8 Å². The van der Waals surface area contributed by atoms with E-state index in [1.165, 1.54) is 48.4 Å². The van der Waals surface area contributed by atoms with Crippen molar-refractivity contribution < 1.29 is 37.1 Å². The molecule has 3 aromatic carbocycles. The molecule has 17 heteroatoms. The van der Waals surface area contributed by atoms with Gasteiger partial charge >= 0.3 is 0 Å². The second kappa shape index (κ2) is 17.6. The lowest BCUT2D eigenvalue weighted by atomic mass is 9.59. The Kier molecular flexibility index (Phi) is 11.9. The summed E-state index contributed by atoms with van der Waals surface area (Å²) in [6, 6.07) is 18.2. The van der Waals surface area contributed by atoms with Crippen molar-refractivity contribution >= 4 is 44.0 Å². The number of piperidine rings is 1. The summed E-state index contributed by atoms with van der Waals surface area (Å²) in [5.74, 6) is -0.830. The molecule has 5 aromatic rings. The molecule has 5 aliphatic rings. The van der Waals surface area contributed by atoms with Gasteiger partial charge in [-0.3, -0.25) is 19.8 Å². The molecule has 2 saturated carbocycles. The van der Waals surface area contributed by atoms with Crippen molar-refractivity contribution in [2.75, 3.05) is 36.5 Å². The fourth-order valence-corrected chi connectivity index (χ4v) is 12.7. The second-order valence-corrected chi connectivity index (χ2v) is 22.2. The van der Waals surface area contributed by atoms with Crippen LogP contribution in [0.25, 0.3) is 11.0 Å². The topological polar surface area (TPSA) is 192 Å². The first-order valence-electron chi connectivity index (χ1n) is 24.0. The van der Waals surface area contributed by atoms with Gasteiger partial charge in [-0.2, -0.15) is 0 Å². The summed E-state index contributed by atoms with van der Waals surface area (Å²) in [5.41, 5.74) is 3.34. The molecular formula is C51H60FN7O8S. The molecule has 2 saturated heterocycles. The predicted octanol–water partition coefficient (Wildman–Crippen LogP) is 9.65. The standard InChI is InChI=1S/C51H60FN7O8S/c1-30(2)36-8-5-6-9-37(36)42-10-7-19-58(42)34-26-51(27-34)17-20-57(21-18-51)33-11-12-38(45(22-33)67-44-25-39-40(52)28-53-48(39)54-31(44)3)49(60)56-68(64,65)35-23-43(59(62)63)47-46(24-35)66-29-41(55-47)32-13-15-50(4,61)16-14-32/h5-6,8-9,11-12,22-25,28,30,32,34,41-42,55,61H,7,10,13-21,26-27,29H2,1-4H3,(H,53,54)(H,56,60)/t32-,41-,42-,50-/m1/s1. The molecular weight excluding hydrogens is 890 g/mol. The number of rotatable bonds is 11. The molecule has 1 amide bonds. The van der Waals surface area contributed by atoms with Gasteiger partial charge in [-0.15, -0.1) is 0 Å². The number of nitro groups is 1. The van der Waals surface area contributed by atoms with Gasteiger partial charge in [-0.1, -0.05) is 38.1 Å². The number of sulfonamides is 1. The van der Waals surface area contributed by atoms with Crippen molar-refractivity contribution in [2.45, 2.75) is 126 Å². The number of aryl methyl sites for hydroxylation is 1.